The molecule has 1 aromatic rings. The lowest BCUT2D eigenvalue weighted by Gasteiger charge is -2.26. The zero-order valence-corrected chi connectivity index (χ0v) is 9.99. The van der Waals surface area contributed by atoms with Crippen LogP contribution in [-0.4, -0.2) is 12.7 Å². The Morgan fingerprint density at radius 2 is 2.19 bits per heavy atom. The predicted molar refractivity (Wildman–Crippen MR) is 66.3 cm³/mol. The van der Waals surface area contributed by atoms with E-state index in [1.54, 1.807) is 0 Å². The Bertz CT molecular complexity index is 331. The Morgan fingerprint density at radius 1 is 1.38 bits per heavy atom. The highest BCUT2D eigenvalue weighted by molar-refractivity contribution is 5.28. The highest BCUT2D eigenvalue weighted by Gasteiger charge is 2.18. The Hall–Kier alpha value is -0.860. The largest absolute Gasteiger partial charge is 0.378 e. The van der Waals surface area contributed by atoms with Gasteiger partial charge in [0.2, 0.25) is 0 Å². The van der Waals surface area contributed by atoms with Gasteiger partial charge >= 0.3 is 0 Å². The van der Waals surface area contributed by atoms with Gasteiger partial charge in [-0.3, -0.25) is 0 Å². The molecule has 1 aliphatic heterocycles. The molecule has 1 fully saturated rings. The predicted octanol–water partition coefficient (Wildman–Crippen LogP) is 2.95. The van der Waals surface area contributed by atoms with Crippen LogP contribution < -0.4 is 5.73 Å². The third-order valence-electron chi connectivity index (χ3n) is 3.38. The van der Waals surface area contributed by atoms with Crippen molar-refractivity contribution in [3.63, 3.8) is 0 Å². The highest BCUT2D eigenvalue weighted by atomic mass is 16.5. The smallest absolute Gasteiger partial charge is 0.0593 e. The van der Waals surface area contributed by atoms with E-state index in [1.807, 2.05) is 0 Å². The molecule has 1 aromatic carbocycles. The first kappa shape index (κ1) is 11.6. The third kappa shape index (κ3) is 2.83. The van der Waals surface area contributed by atoms with Gasteiger partial charge in [-0.2, -0.15) is 0 Å². The van der Waals surface area contributed by atoms with E-state index in [0.29, 0.717) is 6.10 Å². The van der Waals surface area contributed by atoms with E-state index in [-0.39, 0.29) is 6.04 Å². The standard InChI is InChI=1S/C14H21NO/c1-11-6-2-3-8-13(11)14(15)10-12-7-4-5-9-16-12/h2-3,6,8,12,14H,4-5,7,9-10,15H2,1H3. The van der Waals surface area contributed by atoms with Crippen molar-refractivity contribution in [3.05, 3.63) is 35.4 Å². The molecular weight excluding hydrogens is 198 g/mol. The summed E-state index contributed by atoms with van der Waals surface area (Å²) in [6, 6.07) is 8.48. The first-order chi connectivity index (χ1) is 7.77. The maximum Gasteiger partial charge on any atom is 0.0593 e. The Kier molecular flexibility index (Phi) is 3.97. The fraction of sp³-hybridized carbons (Fsp3) is 0.571. The lowest BCUT2D eigenvalue weighted by atomic mass is 9.95. The van der Waals surface area contributed by atoms with Gasteiger partial charge in [0, 0.05) is 12.6 Å². The molecule has 0 bridgehead atoms. The van der Waals surface area contributed by atoms with Gasteiger partial charge in [-0.05, 0) is 43.7 Å². The second-order valence-electron chi connectivity index (χ2n) is 4.69. The van der Waals surface area contributed by atoms with Crippen LogP contribution in [0.4, 0.5) is 0 Å². The summed E-state index contributed by atoms with van der Waals surface area (Å²) in [5.74, 6) is 0. The second kappa shape index (κ2) is 5.46. The molecule has 2 atom stereocenters. The maximum absolute atomic E-state index is 6.25. The zero-order valence-electron chi connectivity index (χ0n) is 9.99. The van der Waals surface area contributed by atoms with E-state index in [0.717, 1.165) is 13.0 Å². The molecule has 0 spiro atoms. The summed E-state index contributed by atoms with van der Waals surface area (Å²) in [7, 11) is 0. The topological polar surface area (TPSA) is 35.2 Å². The van der Waals surface area contributed by atoms with Crippen molar-refractivity contribution in [2.75, 3.05) is 6.61 Å². The molecule has 2 heteroatoms. The van der Waals surface area contributed by atoms with Gasteiger partial charge in [0.05, 0.1) is 6.10 Å². The number of ether oxygens (including phenoxy) is 1. The molecule has 2 unspecified atom stereocenters. The SMILES string of the molecule is Cc1ccccc1C(N)CC1CCCCO1. The van der Waals surface area contributed by atoms with Crippen molar-refractivity contribution < 1.29 is 4.74 Å². The van der Waals surface area contributed by atoms with Crippen LogP contribution in [0.15, 0.2) is 24.3 Å². The lowest BCUT2D eigenvalue weighted by Crippen LogP contribution is -2.25. The van der Waals surface area contributed by atoms with Gasteiger partial charge in [0.15, 0.2) is 0 Å². The number of aryl methyl sites for hydroxylation is 1. The first-order valence-corrected chi connectivity index (χ1v) is 6.20. The number of nitrogens with two attached hydrogens (primary N) is 1. The van der Waals surface area contributed by atoms with Crippen LogP contribution in [0, 0.1) is 6.92 Å². The minimum atomic E-state index is 0.115. The fourth-order valence-electron chi connectivity index (χ4n) is 2.41. The quantitative estimate of drug-likeness (QED) is 0.848. The molecule has 0 saturated carbocycles. The summed E-state index contributed by atoms with van der Waals surface area (Å²) in [4.78, 5) is 0. The molecule has 1 heterocycles. The normalized spacial score (nSPS) is 23.0. The second-order valence-corrected chi connectivity index (χ2v) is 4.69. The van der Waals surface area contributed by atoms with Crippen molar-refractivity contribution in [2.45, 2.75) is 44.8 Å². The van der Waals surface area contributed by atoms with Crippen LogP contribution in [0.2, 0.25) is 0 Å². The molecule has 2 nitrogen and oxygen atoms in total. The Morgan fingerprint density at radius 3 is 2.88 bits per heavy atom. The Balaban J connectivity index is 1.96. The van der Waals surface area contributed by atoms with Crippen molar-refractivity contribution >= 4 is 0 Å². The van der Waals surface area contributed by atoms with Crippen molar-refractivity contribution in [1.82, 2.24) is 0 Å². The summed E-state index contributed by atoms with van der Waals surface area (Å²) < 4.78 is 5.73. The monoisotopic (exact) mass is 219 g/mol. The average molecular weight is 219 g/mol. The van der Waals surface area contributed by atoms with Crippen LogP contribution in [0.5, 0.6) is 0 Å². The number of benzene rings is 1. The van der Waals surface area contributed by atoms with Crippen LogP contribution in [0.1, 0.15) is 42.9 Å². The summed E-state index contributed by atoms with van der Waals surface area (Å²) in [6.45, 7) is 3.03. The van der Waals surface area contributed by atoms with Crippen LogP contribution in [-0.2, 0) is 4.74 Å². The van der Waals surface area contributed by atoms with Crippen molar-refractivity contribution in [1.29, 1.82) is 0 Å². The first-order valence-electron chi connectivity index (χ1n) is 6.20. The van der Waals surface area contributed by atoms with Gasteiger partial charge in [-0.1, -0.05) is 24.3 Å². The zero-order chi connectivity index (χ0) is 11.4. The van der Waals surface area contributed by atoms with E-state index >= 15 is 0 Å². The molecule has 16 heavy (non-hydrogen) atoms. The van der Waals surface area contributed by atoms with E-state index in [1.165, 1.54) is 30.4 Å². The molecule has 88 valence electrons. The number of hydrogen-bond donors (Lipinski definition) is 1. The minimum Gasteiger partial charge on any atom is -0.378 e. The molecule has 1 aliphatic rings. The van der Waals surface area contributed by atoms with E-state index < -0.39 is 0 Å². The molecule has 1 saturated heterocycles. The van der Waals surface area contributed by atoms with E-state index in [4.69, 9.17) is 10.5 Å². The van der Waals surface area contributed by atoms with Gasteiger partial charge in [-0.15, -0.1) is 0 Å². The van der Waals surface area contributed by atoms with Crippen LogP contribution in [0.25, 0.3) is 0 Å². The summed E-state index contributed by atoms with van der Waals surface area (Å²) in [5.41, 5.74) is 8.79. The minimum absolute atomic E-state index is 0.115. The summed E-state index contributed by atoms with van der Waals surface area (Å²) in [5, 5.41) is 0. The van der Waals surface area contributed by atoms with Gasteiger partial charge in [0.1, 0.15) is 0 Å². The van der Waals surface area contributed by atoms with E-state index in [2.05, 4.69) is 31.2 Å². The van der Waals surface area contributed by atoms with Crippen molar-refractivity contribution in [2.24, 2.45) is 5.73 Å². The molecule has 0 aliphatic carbocycles. The lowest BCUT2D eigenvalue weighted by molar-refractivity contribution is 0.00727. The molecule has 0 amide bonds. The Labute approximate surface area is 97.8 Å². The molecule has 0 aromatic heterocycles. The number of hydrogen-bond acceptors (Lipinski definition) is 2. The van der Waals surface area contributed by atoms with Crippen LogP contribution >= 0.6 is 0 Å². The maximum atomic E-state index is 6.25. The van der Waals surface area contributed by atoms with Gasteiger partial charge < -0.3 is 10.5 Å². The molecule has 2 N–H and O–H groups in total. The van der Waals surface area contributed by atoms with Gasteiger partial charge in [-0.25, -0.2) is 0 Å². The highest BCUT2D eigenvalue weighted by Crippen LogP contribution is 2.24. The molecule has 2 rings (SSSR count). The molecule has 0 radical (unpaired) electrons. The van der Waals surface area contributed by atoms with E-state index in [9.17, 15) is 0 Å². The summed E-state index contributed by atoms with van der Waals surface area (Å²) >= 11 is 0. The third-order valence-corrected chi connectivity index (χ3v) is 3.38. The number of rotatable bonds is 3. The fourth-order valence-corrected chi connectivity index (χ4v) is 2.41. The van der Waals surface area contributed by atoms with Gasteiger partial charge in [0.25, 0.3) is 0 Å². The summed E-state index contributed by atoms with van der Waals surface area (Å²) in [6.07, 6.45) is 4.97. The van der Waals surface area contributed by atoms with Crippen LogP contribution in [0.3, 0.4) is 0 Å². The molecular formula is C14H21NO. The average Bonchev–Trinajstić information content (AvgIpc) is 2.31. The van der Waals surface area contributed by atoms with Crippen molar-refractivity contribution in [3.8, 4) is 0 Å².